The van der Waals surface area contributed by atoms with Crippen LogP contribution in [0.5, 0.6) is 0 Å². The van der Waals surface area contributed by atoms with Crippen molar-refractivity contribution in [3.05, 3.63) is 0 Å². The summed E-state index contributed by atoms with van der Waals surface area (Å²) in [6, 6.07) is 0. The quantitative estimate of drug-likeness (QED) is 0.226. The Morgan fingerprint density at radius 1 is 1.43 bits per heavy atom. The van der Waals surface area contributed by atoms with Gasteiger partial charge in [-0.1, -0.05) is 0 Å². The van der Waals surface area contributed by atoms with Gasteiger partial charge in [0.15, 0.2) is 0 Å². The third kappa shape index (κ3) is 82.1. The van der Waals surface area contributed by atoms with Crippen LogP contribution >= 0.6 is 11.7 Å². The molecule has 0 aromatic heterocycles. The van der Waals surface area contributed by atoms with E-state index in [1.807, 2.05) is 0 Å². The van der Waals surface area contributed by atoms with Crippen LogP contribution in [0.25, 0.3) is 0 Å². The molecule has 0 bridgehead atoms. The summed E-state index contributed by atoms with van der Waals surface area (Å²) in [5.74, 6) is 0. The number of hydrogen-bond acceptors (Lipinski definition) is 2. The first-order chi connectivity index (χ1) is 2.00. The Morgan fingerprint density at radius 2 is 1.43 bits per heavy atom. The molecule has 0 aliphatic rings. The zero-order valence-corrected chi connectivity index (χ0v) is 5.39. The molecule has 1 N–H and O–H groups in total. The molecular formula is H3MnNaO3S2. The van der Waals surface area contributed by atoms with E-state index >= 15 is 0 Å². The summed E-state index contributed by atoms with van der Waals surface area (Å²) in [6.45, 7) is 0. The molecule has 0 aromatic carbocycles. The van der Waals surface area contributed by atoms with E-state index in [4.69, 9.17) is 13.0 Å². The van der Waals surface area contributed by atoms with Crippen molar-refractivity contribution in [2.24, 2.45) is 0 Å². The van der Waals surface area contributed by atoms with Crippen LogP contribution in [-0.4, -0.2) is 42.5 Å². The van der Waals surface area contributed by atoms with Crippen LogP contribution in [0.4, 0.5) is 0 Å². The van der Waals surface area contributed by atoms with Gasteiger partial charge in [0.25, 0.3) is 0 Å². The molecule has 0 aliphatic carbocycles. The normalized spacial score (nSPS) is 8.29. The second kappa shape index (κ2) is 5.91. The molecule has 0 heterocycles. The van der Waals surface area contributed by atoms with E-state index in [9.17, 15) is 0 Å². The Bertz CT molecular complexity index is 96.1. The second-order valence-electron chi connectivity index (χ2n) is 0.448. The van der Waals surface area contributed by atoms with Crippen LogP contribution in [-0.2, 0) is 26.2 Å². The van der Waals surface area contributed by atoms with E-state index in [1.54, 1.807) is 0 Å². The van der Waals surface area contributed by atoms with Crippen LogP contribution in [0.2, 0.25) is 0 Å². The Labute approximate surface area is 79.6 Å². The standard InChI is InChI=1S/Mn.Na.H2O3S2.H/c;;1-5(2,3)4;/h;;(H2,1,2,3,4);. The minimum atomic E-state index is -3.97. The van der Waals surface area contributed by atoms with Crippen LogP contribution in [0.3, 0.4) is 0 Å². The summed E-state index contributed by atoms with van der Waals surface area (Å²) in [7, 11) is -3.97. The zero-order chi connectivity index (χ0) is 4.50. The average molecular weight is 193 g/mol. The molecule has 3 nitrogen and oxygen atoms in total. The first-order valence-electron chi connectivity index (χ1n) is 0.698. The molecule has 0 rings (SSSR count). The third-order valence-electron chi connectivity index (χ3n) is 0. The van der Waals surface area contributed by atoms with Crippen molar-refractivity contribution >= 4 is 50.4 Å². The summed E-state index contributed by atoms with van der Waals surface area (Å²) < 4.78 is 25.5. The maximum absolute atomic E-state index is 9.05. The van der Waals surface area contributed by atoms with Crippen molar-refractivity contribution in [1.82, 2.24) is 0 Å². The molecule has 0 spiro atoms. The van der Waals surface area contributed by atoms with Gasteiger partial charge in [0.1, 0.15) is 0 Å². The molecule has 0 aromatic rings. The van der Waals surface area contributed by atoms with Crippen molar-refractivity contribution in [2.45, 2.75) is 0 Å². The number of rotatable bonds is 0. The van der Waals surface area contributed by atoms with E-state index in [2.05, 4.69) is 11.7 Å². The maximum atomic E-state index is 9.05. The average Bonchev–Trinajstić information content (AvgIpc) is 0.722. The Morgan fingerprint density at radius 3 is 1.43 bits per heavy atom. The van der Waals surface area contributed by atoms with Crippen molar-refractivity contribution in [3.8, 4) is 0 Å². The molecule has 1 radical (unpaired) electrons. The fraction of sp³-hybridized carbons (Fsp3) is 0. The first-order valence-corrected chi connectivity index (χ1v) is 3.19. The van der Waals surface area contributed by atoms with Crippen molar-refractivity contribution in [2.75, 3.05) is 0 Å². The summed E-state index contributed by atoms with van der Waals surface area (Å²) >= 11 is 2.65. The topological polar surface area (TPSA) is 54.4 Å². The molecule has 0 amide bonds. The molecule has 41 valence electrons. The van der Waals surface area contributed by atoms with Gasteiger partial charge in [-0.2, -0.15) is 8.42 Å². The van der Waals surface area contributed by atoms with Gasteiger partial charge in [0, 0.05) is 17.1 Å². The fourth-order valence-corrected chi connectivity index (χ4v) is 0. The third-order valence-corrected chi connectivity index (χ3v) is 0. The molecule has 0 fully saturated rings. The SMILES string of the molecule is O=S(=O)(O)S.[Mn].[NaH]. The van der Waals surface area contributed by atoms with Gasteiger partial charge in [-0.05, 0) is 11.7 Å². The monoisotopic (exact) mass is 193 g/mol. The fourth-order valence-electron chi connectivity index (χ4n) is 0. The van der Waals surface area contributed by atoms with Crippen LogP contribution in [0.1, 0.15) is 0 Å². The van der Waals surface area contributed by atoms with Gasteiger partial charge in [0.05, 0.1) is 0 Å². The molecule has 0 aliphatic heterocycles. The number of hydrogen-bond donors (Lipinski definition) is 2. The molecular weight excluding hydrogens is 190 g/mol. The minimum absolute atomic E-state index is 0. The predicted molar refractivity (Wildman–Crippen MR) is 27.7 cm³/mol. The van der Waals surface area contributed by atoms with E-state index in [0.29, 0.717) is 0 Å². The van der Waals surface area contributed by atoms with Crippen LogP contribution < -0.4 is 0 Å². The van der Waals surface area contributed by atoms with Crippen molar-refractivity contribution in [3.63, 3.8) is 0 Å². The van der Waals surface area contributed by atoms with Crippen molar-refractivity contribution in [1.29, 1.82) is 0 Å². The predicted octanol–water partition coefficient (Wildman–Crippen LogP) is -0.932. The summed E-state index contributed by atoms with van der Waals surface area (Å²) in [5, 5.41) is 0. The van der Waals surface area contributed by atoms with Crippen LogP contribution in [0.15, 0.2) is 0 Å². The van der Waals surface area contributed by atoms with Gasteiger partial charge in [-0.3, -0.25) is 4.55 Å². The van der Waals surface area contributed by atoms with E-state index in [1.165, 1.54) is 0 Å². The van der Waals surface area contributed by atoms with E-state index in [-0.39, 0.29) is 46.6 Å². The summed E-state index contributed by atoms with van der Waals surface area (Å²) in [4.78, 5) is 0. The number of thiol groups is 1. The van der Waals surface area contributed by atoms with Gasteiger partial charge >= 0.3 is 38.7 Å². The van der Waals surface area contributed by atoms with E-state index < -0.39 is 9.15 Å². The van der Waals surface area contributed by atoms with Gasteiger partial charge in [0.2, 0.25) is 0 Å². The second-order valence-corrected chi connectivity index (χ2v) is 2.73. The van der Waals surface area contributed by atoms with E-state index in [0.717, 1.165) is 0 Å². The molecule has 7 heavy (non-hydrogen) atoms. The molecule has 0 saturated heterocycles. The summed E-state index contributed by atoms with van der Waals surface area (Å²) in [6.07, 6.45) is 0. The molecule has 0 atom stereocenters. The van der Waals surface area contributed by atoms with Gasteiger partial charge in [-0.25, -0.2) is 0 Å². The van der Waals surface area contributed by atoms with Gasteiger partial charge < -0.3 is 0 Å². The first kappa shape index (κ1) is 15.9. The Hall–Kier alpha value is 1.78. The Balaban J connectivity index is -0.0000000800. The van der Waals surface area contributed by atoms with Crippen molar-refractivity contribution < 1.29 is 30.0 Å². The summed E-state index contributed by atoms with van der Waals surface area (Å²) in [5.41, 5.74) is 0. The zero-order valence-electron chi connectivity index (χ0n) is 2.50. The molecule has 0 unspecified atom stereocenters. The molecule has 7 heteroatoms. The molecule has 0 saturated carbocycles. The van der Waals surface area contributed by atoms with Gasteiger partial charge in [-0.15, -0.1) is 0 Å². The Kier molecular flexibility index (Phi) is 13.4. The van der Waals surface area contributed by atoms with Crippen LogP contribution in [0, 0.1) is 0 Å².